The molecule has 2 unspecified atom stereocenters. The first-order valence-corrected chi connectivity index (χ1v) is 23.9. The molecule has 0 N–H and O–H groups in total. The summed E-state index contributed by atoms with van der Waals surface area (Å²) in [5.41, 5.74) is 24.3. The van der Waals surface area contributed by atoms with E-state index in [1.807, 2.05) is 0 Å². The fraction of sp³-hybridized carbons (Fsp3) is 0.311. The number of unbranched alkanes of at least 4 members (excludes halogenated alkanes) is 5. The number of hydrogen-bond acceptors (Lipinski definition) is 0. The fourth-order valence-electron chi connectivity index (χ4n) is 12.6. The highest BCUT2D eigenvalue weighted by molar-refractivity contribution is 6.14. The van der Waals surface area contributed by atoms with Crippen LogP contribution >= 0.6 is 0 Å². The number of hydrogen-bond donors (Lipinski definition) is 0. The van der Waals surface area contributed by atoms with Crippen molar-refractivity contribution < 1.29 is 0 Å². The van der Waals surface area contributed by atoms with E-state index in [9.17, 15) is 0 Å². The van der Waals surface area contributed by atoms with Gasteiger partial charge in [-0.3, -0.25) is 0 Å². The van der Waals surface area contributed by atoms with Gasteiger partial charge in [0.15, 0.2) is 0 Å². The minimum Gasteiger partial charge on any atom is -0.309 e. The highest BCUT2D eigenvalue weighted by Gasteiger charge is 2.51. The monoisotopic (exact) mass is 807 g/mol. The zero-order chi connectivity index (χ0) is 42.5. The zero-order valence-corrected chi connectivity index (χ0v) is 38.0. The van der Waals surface area contributed by atoms with Gasteiger partial charge in [-0.15, -0.1) is 0 Å². The van der Waals surface area contributed by atoms with E-state index in [0.717, 1.165) is 6.42 Å². The first-order valence-electron chi connectivity index (χ1n) is 23.9. The summed E-state index contributed by atoms with van der Waals surface area (Å²) < 4.78 is 2.62. The van der Waals surface area contributed by atoms with Crippen molar-refractivity contribution in [3.63, 3.8) is 0 Å². The van der Waals surface area contributed by atoms with Crippen molar-refractivity contribution in [3.8, 4) is 39.1 Å². The van der Waals surface area contributed by atoms with Crippen LogP contribution in [0.1, 0.15) is 142 Å². The van der Waals surface area contributed by atoms with Gasteiger partial charge in [-0.05, 0) is 147 Å². The lowest BCUT2D eigenvalue weighted by atomic mass is 9.64. The van der Waals surface area contributed by atoms with Crippen molar-refractivity contribution in [2.75, 3.05) is 0 Å². The third kappa shape index (κ3) is 5.39. The second-order valence-corrected chi connectivity index (χ2v) is 19.7. The average Bonchev–Trinajstić information content (AvgIpc) is 3.88. The Morgan fingerprint density at radius 2 is 1.13 bits per heavy atom. The summed E-state index contributed by atoms with van der Waals surface area (Å²) in [5.74, 6) is 0.920. The molecule has 0 radical (unpaired) electrons. The quantitative estimate of drug-likeness (QED) is 0.115. The Kier molecular flexibility index (Phi) is 9.31. The molecule has 1 aromatic heterocycles. The molecule has 0 bridgehead atoms. The molecular formula is C61H61N. The molecule has 2 atom stereocenters. The van der Waals surface area contributed by atoms with E-state index in [1.54, 1.807) is 5.56 Å². The van der Waals surface area contributed by atoms with Crippen LogP contribution in [0.4, 0.5) is 0 Å². The predicted molar refractivity (Wildman–Crippen MR) is 264 cm³/mol. The van der Waals surface area contributed by atoms with Crippen molar-refractivity contribution >= 4 is 21.8 Å². The number of nitrogens with zero attached hydrogens (tertiary/aromatic N) is 1. The standard InChI is InChI=1S/C61H61N/c1-8-10-11-12-13-18-31-60(38(3)4)53-33-40(6)23-27-47(53)48-28-25-43(36-54(48)60)44-34-50-49-32-39(5)24-29-57(49)62-58-30-26-42(41(7)9-2)35-55(58)61(56(37-44)59(50)62)51-21-16-14-19-45(51)46-20-15-17-22-52(46)61/h14-17,19-30,32-38,41H,8-13,18,31H2,1-7H3. The summed E-state index contributed by atoms with van der Waals surface area (Å²) in [6.45, 7) is 16.5. The van der Waals surface area contributed by atoms with Crippen LogP contribution in [0.3, 0.4) is 0 Å². The largest absolute Gasteiger partial charge is 0.309 e. The SMILES string of the molecule is CCCCCCCCC1(C(C)C)c2cc(C)ccc2-c2ccc(-c3cc4c5c(c3)c3cc(C)ccc3n5-c3ccc(C(C)CC)cc3C43c4ccccc4-c4ccccc43)cc21. The molecule has 1 heteroatoms. The highest BCUT2D eigenvalue weighted by Crippen LogP contribution is 2.62. The van der Waals surface area contributed by atoms with Gasteiger partial charge in [0, 0.05) is 16.2 Å². The van der Waals surface area contributed by atoms with E-state index in [2.05, 4.69) is 186 Å². The first-order chi connectivity index (χ1) is 30.2. The topological polar surface area (TPSA) is 4.93 Å². The lowest BCUT2D eigenvalue weighted by Crippen LogP contribution is -2.34. The molecule has 62 heavy (non-hydrogen) atoms. The molecule has 310 valence electrons. The smallest absolute Gasteiger partial charge is 0.0754 e. The Hall–Kier alpha value is -5.66. The second kappa shape index (κ2) is 14.7. The highest BCUT2D eigenvalue weighted by atomic mass is 15.0. The van der Waals surface area contributed by atoms with Crippen molar-refractivity contribution in [3.05, 3.63) is 184 Å². The minimum atomic E-state index is -0.483. The summed E-state index contributed by atoms with van der Waals surface area (Å²) in [7, 11) is 0. The molecule has 0 amide bonds. The molecule has 0 saturated heterocycles. The van der Waals surface area contributed by atoms with Gasteiger partial charge in [0.1, 0.15) is 0 Å². The lowest BCUT2D eigenvalue weighted by Gasteiger charge is -2.40. The van der Waals surface area contributed by atoms with E-state index in [4.69, 9.17) is 0 Å². The van der Waals surface area contributed by atoms with Crippen LogP contribution in [0.25, 0.3) is 60.9 Å². The van der Waals surface area contributed by atoms with Crippen LogP contribution in [-0.2, 0) is 10.8 Å². The summed E-state index contributed by atoms with van der Waals surface area (Å²) in [6.07, 6.45) is 10.2. The van der Waals surface area contributed by atoms with Gasteiger partial charge in [-0.1, -0.05) is 181 Å². The summed E-state index contributed by atoms with van der Waals surface area (Å²) in [5, 5.41) is 2.68. The fourth-order valence-corrected chi connectivity index (χ4v) is 12.6. The predicted octanol–water partition coefficient (Wildman–Crippen LogP) is 16.9. The van der Waals surface area contributed by atoms with Crippen molar-refractivity contribution in [2.24, 2.45) is 5.92 Å². The molecule has 1 nitrogen and oxygen atoms in total. The van der Waals surface area contributed by atoms with Gasteiger partial charge in [-0.2, -0.15) is 0 Å². The van der Waals surface area contributed by atoms with E-state index >= 15 is 0 Å². The number of rotatable bonds is 11. The normalized spacial score (nSPS) is 16.8. The molecule has 7 aromatic carbocycles. The van der Waals surface area contributed by atoms with Crippen molar-refractivity contribution in [1.29, 1.82) is 0 Å². The molecule has 2 aliphatic carbocycles. The molecule has 1 spiro atoms. The van der Waals surface area contributed by atoms with Gasteiger partial charge in [0.05, 0.1) is 22.1 Å². The number of fused-ring (bicyclic) bond motifs is 15. The molecule has 8 aromatic rings. The Bertz CT molecular complexity index is 3030. The molecule has 0 saturated carbocycles. The van der Waals surface area contributed by atoms with Crippen LogP contribution < -0.4 is 0 Å². The summed E-state index contributed by atoms with van der Waals surface area (Å²) >= 11 is 0. The van der Waals surface area contributed by atoms with Gasteiger partial charge in [0.25, 0.3) is 0 Å². The maximum atomic E-state index is 2.64. The molecule has 3 aliphatic rings. The maximum Gasteiger partial charge on any atom is 0.0754 e. The lowest BCUT2D eigenvalue weighted by molar-refractivity contribution is 0.338. The Morgan fingerprint density at radius 1 is 0.500 bits per heavy atom. The van der Waals surface area contributed by atoms with Crippen LogP contribution in [-0.4, -0.2) is 4.57 Å². The van der Waals surface area contributed by atoms with Crippen molar-refractivity contribution in [2.45, 2.75) is 117 Å². The second-order valence-electron chi connectivity index (χ2n) is 19.7. The third-order valence-electron chi connectivity index (χ3n) is 15.9. The van der Waals surface area contributed by atoms with E-state index in [-0.39, 0.29) is 5.41 Å². The van der Waals surface area contributed by atoms with Gasteiger partial charge < -0.3 is 4.57 Å². The number of aromatic nitrogens is 1. The minimum absolute atomic E-state index is 0.0289. The van der Waals surface area contributed by atoms with Crippen LogP contribution in [0.5, 0.6) is 0 Å². The average molecular weight is 808 g/mol. The van der Waals surface area contributed by atoms with E-state index in [1.165, 1.54) is 150 Å². The Morgan fingerprint density at radius 3 is 1.85 bits per heavy atom. The molecular weight excluding hydrogens is 747 g/mol. The Labute approximate surface area is 369 Å². The van der Waals surface area contributed by atoms with Gasteiger partial charge in [-0.25, -0.2) is 0 Å². The van der Waals surface area contributed by atoms with E-state index in [0.29, 0.717) is 11.8 Å². The molecule has 2 heterocycles. The number of aryl methyl sites for hydroxylation is 2. The van der Waals surface area contributed by atoms with Crippen LogP contribution in [0.2, 0.25) is 0 Å². The number of benzene rings is 7. The van der Waals surface area contributed by atoms with Crippen LogP contribution in [0, 0.1) is 19.8 Å². The molecule has 1 aliphatic heterocycles. The van der Waals surface area contributed by atoms with Crippen LogP contribution in [0.15, 0.2) is 133 Å². The van der Waals surface area contributed by atoms with Crippen molar-refractivity contribution in [1.82, 2.24) is 4.57 Å². The molecule has 11 rings (SSSR count). The zero-order valence-electron chi connectivity index (χ0n) is 38.0. The van der Waals surface area contributed by atoms with Gasteiger partial charge >= 0.3 is 0 Å². The summed E-state index contributed by atoms with van der Waals surface area (Å²) in [4.78, 5) is 0. The van der Waals surface area contributed by atoms with E-state index < -0.39 is 5.41 Å². The molecule has 0 fully saturated rings. The Balaban J connectivity index is 1.21. The first kappa shape index (κ1) is 39.2. The third-order valence-corrected chi connectivity index (χ3v) is 15.9. The maximum absolute atomic E-state index is 2.64. The van der Waals surface area contributed by atoms with Gasteiger partial charge in [0.2, 0.25) is 0 Å². The summed E-state index contributed by atoms with van der Waals surface area (Å²) in [6, 6.07) is 53.2.